The van der Waals surface area contributed by atoms with Crippen LogP contribution in [0, 0.1) is 10.1 Å². The summed E-state index contributed by atoms with van der Waals surface area (Å²) in [5, 5.41) is 11.8. The molecule has 108 valence electrons. The summed E-state index contributed by atoms with van der Waals surface area (Å²) in [6.45, 7) is 0. The van der Waals surface area contributed by atoms with Crippen molar-refractivity contribution in [3.05, 3.63) is 66.1 Å². The van der Waals surface area contributed by atoms with Crippen LogP contribution in [0.3, 0.4) is 0 Å². The minimum atomic E-state index is -0.564. The van der Waals surface area contributed by atoms with Crippen LogP contribution < -0.4 is 0 Å². The molecule has 2 rings (SSSR count). The van der Waals surface area contributed by atoms with Gasteiger partial charge in [0.1, 0.15) is 5.02 Å². The van der Waals surface area contributed by atoms with Gasteiger partial charge in [-0.15, -0.1) is 0 Å². The van der Waals surface area contributed by atoms with Gasteiger partial charge in [-0.2, -0.15) is 0 Å². The van der Waals surface area contributed by atoms with E-state index in [-0.39, 0.29) is 10.7 Å². The van der Waals surface area contributed by atoms with Crippen LogP contribution in [0.25, 0.3) is 0 Å². The number of hydrogen-bond acceptors (Lipinski definition) is 3. The number of nitro benzene ring substituents is 1. The van der Waals surface area contributed by atoms with E-state index >= 15 is 0 Å². The van der Waals surface area contributed by atoms with E-state index in [0.717, 1.165) is 0 Å². The van der Waals surface area contributed by atoms with Crippen molar-refractivity contribution in [1.82, 2.24) is 0 Å². The van der Waals surface area contributed by atoms with Crippen molar-refractivity contribution in [2.24, 2.45) is 4.99 Å². The molecule has 8 heteroatoms. The average Bonchev–Trinajstić information content (AvgIpc) is 2.42. The quantitative estimate of drug-likeness (QED) is 0.292. The molecule has 0 unspecified atom stereocenters. The molecule has 0 bridgehead atoms. The number of nitro groups is 1. The van der Waals surface area contributed by atoms with Gasteiger partial charge in [0.25, 0.3) is 5.69 Å². The first-order valence-corrected chi connectivity index (χ1v) is 7.02. The fourth-order valence-corrected chi connectivity index (χ4v) is 2.28. The van der Waals surface area contributed by atoms with Crippen LogP contribution >= 0.6 is 46.4 Å². The second-order valence-corrected chi connectivity index (χ2v) is 5.57. The number of benzene rings is 2. The molecule has 0 saturated carbocycles. The summed E-state index contributed by atoms with van der Waals surface area (Å²) >= 11 is 23.4. The predicted molar refractivity (Wildman–Crippen MR) is 86.8 cm³/mol. The molecule has 0 heterocycles. The zero-order valence-electron chi connectivity index (χ0n) is 10.2. The third-order valence-corrected chi connectivity index (χ3v) is 3.85. The second kappa shape index (κ2) is 6.62. The Bertz CT molecular complexity index is 747. The largest absolute Gasteiger partial charge is 0.288 e. The Morgan fingerprint density at radius 1 is 0.952 bits per heavy atom. The molecular weight excluding hydrogens is 358 g/mol. The molecule has 2 aromatic rings. The smallest absolute Gasteiger partial charge is 0.258 e. The van der Waals surface area contributed by atoms with E-state index in [0.29, 0.717) is 26.3 Å². The van der Waals surface area contributed by atoms with Gasteiger partial charge in [0.2, 0.25) is 0 Å². The van der Waals surface area contributed by atoms with E-state index in [1.165, 1.54) is 30.5 Å². The van der Waals surface area contributed by atoms with Crippen LogP contribution in [0.15, 0.2) is 35.3 Å². The summed E-state index contributed by atoms with van der Waals surface area (Å²) in [6.07, 6.45) is 1.43. The summed E-state index contributed by atoms with van der Waals surface area (Å²) in [6, 6.07) is 7.33. The van der Waals surface area contributed by atoms with Crippen molar-refractivity contribution < 1.29 is 4.92 Å². The van der Waals surface area contributed by atoms with E-state index < -0.39 is 4.92 Å². The molecule has 0 radical (unpaired) electrons. The van der Waals surface area contributed by atoms with Gasteiger partial charge in [-0.1, -0.05) is 52.5 Å². The molecule has 0 amide bonds. The lowest BCUT2D eigenvalue weighted by molar-refractivity contribution is -0.384. The normalized spacial score (nSPS) is 11.0. The number of halogens is 4. The molecule has 0 fully saturated rings. The molecule has 0 saturated heterocycles. The Hall–Kier alpha value is -1.33. The Morgan fingerprint density at radius 2 is 1.62 bits per heavy atom. The van der Waals surface area contributed by atoms with Gasteiger partial charge < -0.3 is 0 Å². The van der Waals surface area contributed by atoms with Crippen LogP contribution in [0.2, 0.25) is 20.1 Å². The SMILES string of the molecule is O=[N+]([O-])c1cc(C=Nc2cc(Cl)c(Cl)cc2Cl)ccc1Cl. The Kier molecular flexibility index (Phi) is 5.06. The molecule has 4 nitrogen and oxygen atoms in total. The van der Waals surface area contributed by atoms with Crippen molar-refractivity contribution in [2.75, 3.05) is 0 Å². The molecule has 0 aliphatic rings. The van der Waals surface area contributed by atoms with Crippen molar-refractivity contribution >= 4 is 64.0 Å². The first-order chi connectivity index (χ1) is 9.88. The van der Waals surface area contributed by atoms with E-state index in [1.807, 2.05) is 0 Å². The number of rotatable bonds is 3. The highest BCUT2D eigenvalue weighted by Crippen LogP contribution is 2.34. The lowest BCUT2D eigenvalue weighted by atomic mass is 10.2. The van der Waals surface area contributed by atoms with Crippen LogP contribution in [0.5, 0.6) is 0 Å². The summed E-state index contributed by atoms with van der Waals surface area (Å²) in [5.41, 5.74) is 0.720. The Balaban J connectivity index is 2.36. The van der Waals surface area contributed by atoms with Crippen molar-refractivity contribution in [1.29, 1.82) is 0 Å². The topological polar surface area (TPSA) is 55.5 Å². The lowest BCUT2D eigenvalue weighted by Crippen LogP contribution is -1.91. The van der Waals surface area contributed by atoms with Crippen molar-refractivity contribution in [2.45, 2.75) is 0 Å². The lowest BCUT2D eigenvalue weighted by Gasteiger charge is -2.01. The van der Waals surface area contributed by atoms with Crippen LogP contribution in [-0.2, 0) is 0 Å². The van der Waals surface area contributed by atoms with Crippen molar-refractivity contribution in [3.63, 3.8) is 0 Å². The molecule has 0 aliphatic carbocycles. The minimum Gasteiger partial charge on any atom is -0.258 e. The molecular formula is C13H6Cl4N2O2. The van der Waals surface area contributed by atoms with Gasteiger partial charge in [0, 0.05) is 12.3 Å². The standard InChI is InChI=1S/C13H6Cl4N2O2/c14-8-2-1-7(3-13(8)19(20)21)6-18-12-5-10(16)9(15)4-11(12)17/h1-6H. The molecule has 21 heavy (non-hydrogen) atoms. The predicted octanol–water partition coefficient (Wildman–Crippen LogP) is 5.96. The second-order valence-electron chi connectivity index (χ2n) is 3.94. The average molecular weight is 364 g/mol. The number of nitrogens with zero attached hydrogens (tertiary/aromatic N) is 2. The molecule has 0 N–H and O–H groups in total. The third kappa shape index (κ3) is 3.86. The van der Waals surface area contributed by atoms with Gasteiger partial charge in [0.15, 0.2) is 0 Å². The summed E-state index contributed by atoms with van der Waals surface area (Å²) in [5.74, 6) is 0. The summed E-state index contributed by atoms with van der Waals surface area (Å²) in [4.78, 5) is 14.4. The fourth-order valence-electron chi connectivity index (χ4n) is 1.50. The van der Waals surface area contributed by atoms with Crippen LogP contribution in [-0.4, -0.2) is 11.1 Å². The van der Waals surface area contributed by atoms with Gasteiger partial charge in [0.05, 0.1) is 25.7 Å². The highest BCUT2D eigenvalue weighted by atomic mass is 35.5. The molecule has 0 aliphatic heterocycles. The van der Waals surface area contributed by atoms with Crippen molar-refractivity contribution in [3.8, 4) is 0 Å². The number of hydrogen-bond donors (Lipinski definition) is 0. The van der Waals surface area contributed by atoms with E-state index in [1.54, 1.807) is 6.07 Å². The van der Waals surface area contributed by atoms with Gasteiger partial charge in [-0.25, -0.2) is 0 Å². The minimum absolute atomic E-state index is 0.0599. The number of aliphatic imine (C=N–C) groups is 1. The fraction of sp³-hybridized carbons (Fsp3) is 0. The highest BCUT2D eigenvalue weighted by molar-refractivity contribution is 6.44. The van der Waals surface area contributed by atoms with Gasteiger partial charge in [-0.05, 0) is 23.8 Å². The first-order valence-electron chi connectivity index (χ1n) is 5.51. The van der Waals surface area contributed by atoms with Gasteiger partial charge >= 0.3 is 0 Å². The summed E-state index contributed by atoms with van der Waals surface area (Å²) in [7, 11) is 0. The third-order valence-electron chi connectivity index (χ3n) is 2.51. The first kappa shape index (κ1) is 16.0. The summed E-state index contributed by atoms with van der Waals surface area (Å²) < 4.78 is 0. The monoisotopic (exact) mass is 362 g/mol. The molecule has 0 aromatic heterocycles. The van der Waals surface area contributed by atoms with Crippen LogP contribution in [0.4, 0.5) is 11.4 Å². The molecule has 2 aromatic carbocycles. The highest BCUT2D eigenvalue weighted by Gasteiger charge is 2.12. The van der Waals surface area contributed by atoms with E-state index in [2.05, 4.69) is 4.99 Å². The van der Waals surface area contributed by atoms with Gasteiger partial charge in [-0.3, -0.25) is 15.1 Å². The maximum absolute atomic E-state index is 10.8. The zero-order valence-corrected chi connectivity index (χ0v) is 13.2. The zero-order chi connectivity index (χ0) is 15.6. The van der Waals surface area contributed by atoms with E-state index in [9.17, 15) is 10.1 Å². The Morgan fingerprint density at radius 3 is 2.29 bits per heavy atom. The maximum atomic E-state index is 10.8. The molecule has 0 spiro atoms. The van der Waals surface area contributed by atoms with Crippen LogP contribution in [0.1, 0.15) is 5.56 Å². The van der Waals surface area contributed by atoms with E-state index in [4.69, 9.17) is 46.4 Å². The molecule has 0 atom stereocenters. The Labute approximate surface area is 140 Å². The maximum Gasteiger partial charge on any atom is 0.288 e.